The van der Waals surface area contributed by atoms with Gasteiger partial charge in [0.1, 0.15) is 12.7 Å². The molecule has 0 aromatic rings. The highest BCUT2D eigenvalue weighted by atomic mass is 31.2. The van der Waals surface area contributed by atoms with E-state index in [0.717, 1.165) is 89.9 Å². The van der Waals surface area contributed by atoms with Crippen LogP contribution >= 0.6 is 7.82 Å². The number of rotatable bonds is 41. The number of aliphatic hydroxyl groups is 1. The lowest BCUT2D eigenvalue weighted by Crippen LogP contribution is -2.26. The fraction of sp³-hybridized carbons (Fsp3) is 0.455. The van der Waals surface area contributed by atoms with E-state index in [1.165, 1.54) is 0 Å². The second-order valence-electron chi connectivity index (χ2n) is 14.6. The summed E-state index contributed by atoms with van der Waals surface area (Å²) < 4.78 is 26.8. The van der Waals surface area contributed by atoms with E-state index in [-0.39, 0.29) is 38.5 Å². The zero-order chi connectivity index (χ0) is 47.4. The Morgan fingerprint density at radius 1 is 0.492 bits per heavy atom. The maximum absolute atomic E-state index is 12.1. The van der Waals surface area contributed by atoms with Crippen molar-refractivity contribution in [2.75, 3.05) is 26.4 Å². The van der Waals surface area contributed by atoms with Gasteiger partial charge in [-0.25, -0.2) is 4.57 Å². The third kappa shape index (κ3) is 50.2. The van der Waals surface area contributed by atoms with Crippen molar-refractivity contribution in [3.8, 4) is 0 Å². The van der Waals surface area contributed by atoms with E-state index in [9.17, 15) is 24.2 Å². The topological polar surface area (TPSA) is 131 Å². The van der Waals surface area contributed by atoms with Gasteiger partial charge in [-0.05, 0) is 103 Å². The molecule has 0 rings (SSSR count). The Hall–Kier alpha value is -4.63. The Balaban J connectivity index is 3.84. The molecular formula is C55H82NO8P. The third-order valence-corrected chi connectivity index (χ3v) is 9.66. The lowest BCUT2D eigenvalue weighted by molar-refractivity contribution is -0.147. The van der Waals surface area contributed by atoms with Gasteiger partial charge in [-0.2, -0.15) is 0 Å². The van der Waals surface area contributed by atoms with E-state index < -0.39 is 26.5 Å². The highest BCUT2D eigenvalue weighted by Gasteiger charge is 2.23. The quantitative estimate of drug-likeness (QED) is 0.0239. The Bertz CT molecular complexity index is 1650. The van der Waals surface area contributed by atoms with Crippen molar-refractivity contribution in [2.24, 2.45) is 0 Å². The molecule has 0 saturated carbocycles. The number of nitrogens with one attached hydrogen (secondary N) is 1. The highest BCUT2D eigenvalue weighted by Crippen LogP contribution is 2.42. The SMILES string of the molecule is CC/C=C\C/C=C\C/C=C\C/C=C\C/C=C\C/C=C\C/C=C\CCCC(=O)OCC(O)COP(=O)(O)OCCNC(=O)C/C=C\C/C=C\C/C=C\C/C=C\C/C=C\C/C=C\C/C=C\CC. The van der Waals surface area contributed by atoms with Gasteiger partial charge in [0.2, 0.25) is 5.91 Å². The van der Waals surface area contributed by atoms with Crippen molar-refractivity contribution in [1.82, 2.24) is 5.32 Å². The van der Waals surface area contributed by atoms with Gasteiger partial charge in [0, 0.05) is 19.4 Å². The van der Waals surface area contributed by atoms with Crippen LogP contribution in [0, 0.1) is 0 Å². The van der Waals surface area contributed by atoms with Crippen molar-refractivity contribution < 1.29 is 37.9 Å². The summed E-state index contributed by atoms with van der Waals surface area (Å²) in [4.78, 5) is 33.9. The molecule has 0 bridgehead atoms. The zero-order valence-electron chi connectivity index (χ0n) is 39.6. The first-order valence-corrected chi connectivity index (χ1v) is 25.1. The van der Waals surface area contributed by atoms with Gasteiger partial charge in [-0.3, -0.25) is 18.6 Å². The van der Waals surface area contributed by atoms with Crippen molar-refractivity contribution in [3.05, 3.63) is 170 Å². The van der Waals surface area contributed by atoms with Gasteiger partial charge in [-0.15, -0.1) is 0 Å². The minimum Gasteiger partial charge on any atom is -0.463 e. The third-order valence-electron chi connectivity index (χ3n) is 8.67. The maximum atomic E-state index is 12.1. The molecule has 10 heteroatoms. The fourth-order valence-corrected chi connectivity index (χ4v) is 5.97. The number of phosphoric ester groups is 1. The lowest BCUT2D eigenvalue weighted by atomic mass is 10.2. The van der Waals surface area contributed by atoms with Gasteiger partial charge in [0.15, 0.2) is 0 Å². The van der Waals surface area contributed by atoms with Crippen LogP contribution in [0.25, 0.3) is 0 Å². The Morgan fingerprint density at radius 3 is 1.20 bits per heavy atom. The van der Waals surface area contributed by atoms with E-state index in [0.29, 0.717) is 12.8 Å². The van der Waals surface area contributed by atoms with Gasteiger partial charge in [0.25, 0.3) is 0 Å². The van der Waals surface area contributed by atoms with Crippen molar-refractivity contribution in [3.63, 3.8) is 0 Å². The second-order valence-corrected chi connectivity index (χ2v) is 16.1. The zero-order valence-corrected chi connectivity index (χ0v) is 40.5. The Labute approximate surface area is 393 Å². The number of phosphoric acid groups is 1. The van der Waals surface area contributed by atoms with Crippen LogP contribution in [0.5, 0.6) is 0 Å². The number of unbranched alkanes of at least 4 members (excludes halogenated alkanes) is 1. The number of hydrogen-bond acceptors (Lipinski definition) is 7. The number of amides is 1. The number of carbonyl (C=O) groups excluding carboxylic acids is 2. The summed E-state index contributed by atoms with van der Waals surface area (Å²) in [5.41, 5.74) is 0. The van der Waals surface area contributed by atoms with Crippen LogP contribution in [-0.2, 0) is 27.9 Å². The standard InChI is InChI=1S/C55H82NO8P/c1-3-5-7-9-11-13-15-17-19-21-23-25-26-28-30-32-34-36-38-40-42-44-46-48-55(59)62-51-53(57)52-64-65(60,61)63-50-49-56-54(58)47-45-43-41-39-37-35-33-31-29-27-24-22-20-18-16-14-12-10-8-6-4-2/h5-8,11-14,17-20,23-25,27-28,30-31,33-34,36-37,39-40,42-43,45,53,57H,3-4,9-10,15-16,21-22,26,29,32,35,38,41,44,46-52H2,1-2H3,(H,56,58)(H,60,61)/b7-5-,8-6-,13-11-,14-12-,19-17-,20-18-,25-23-,27-24-,30-28-,33-31-,36-34-,39-37-,42-40-,45-43-. The predicted molar refractivity (Wildman–Crippen MR) is 274 cm³/mol. The molecule has 0 aromatic carbocycles. The van der Waals surface area contributed by atoms with Crippen LogP contribution in [0.1, 0.15) is 129 Å². The lowest BCUT2D eigenvalue weighted by Gasteiger charge is -2.15. The Morgan fingerprint density at radius 2 is 0.831 bits per heavy atom. The summed E-state index contributed by atoms with van der Waals surface area (Å²) in [7, 11) is -4.48. The number of aliphatic hydroxyl groups excluding tert-OH is 1. The van der Waals surface area contributed by atoms with Gasteiger partial charge in [-0.1, -0.05) is 184 Å². The van der Waals surface area contributed by atoms with Crippen molar-refractivity contribution >= 4 is 19.7 Å². The summed E-state index contributed by atoms with van der Waals surface area (Å²) in [6.07, 6.45) is 73.2. The molecular weight excluding hydrogens is 834 g/mol. The van der Waals surface area contributed by atoms with Gasteiger partial charge in [0.05, 0.1) is 13.2 Å². The number of esters is 1. The van der Waals surface area contributed by atoms with Crippen LogP contribution in [0.4, 0.5) is 0 Å². The van der Waals surface area contributed by atoms with E-state index in [1.807, 2.05) is 18.2 Å². The van der Waals surface area contributed by atoms with Crippen LogP contribution in [0.3, 0.4) is 0 Å². The molecule has 0 fully saturated rings. The number of carbonyl (C=O) groups is 2. The van der Waals surface area contributed by atoms with E-state index in [2.05, 4.69) is 165 Å². The second kappa shape index (κ2) is 48.8. The van der Waals surface area contributed by atoms with Crippen molar-refractivity contribution in [2.45, 2.75) is 136 Å². The average Bonchev–Trinajstić information content (AvgIpc) is 3.29. The van der Waals surface area contributed by atoms with Crippen LogP contribution in [0.2, 0.25) is 0 Å². The molecule has 0 heterocycles. The Kier molecular flexibility index (Phi) is 45.3. The van der Waals surface area contributed by atoms with Crippen LogP contribution < -0.4 is 5.32 Å². The molecule has 9 nitrogen and oxygen atoms in total. The molecule has 360 valence electrons. The van der Waals surface area contributed by atoms with Crippen LogP contribution in [-0.4, -0.2) is 54.3 Å². The first-order chi connectivity index (χ1) is 31.8. The first-order valence-electron chi connectivity index (χ1n) is 23.6. The highest BCUT2D eigenvalue weighted by molar-refractivity contribution is 7.47. The molecule has 0 aromatic heterocycles. The summed E-state index contributed by atoms with van der Waals surface area (Å²) in [5.74, 6) is -0.729. The number of hydrogen-bond donors (Lipinski definition) is 3. The van der Waals surface area contributed by atoms with E-state index >= 15 is 0 Å². The summed E-state index contributed by atoms with van der Waals surface area (Å²) in [6.45, 7) is 3.09. The minimum absolute atomic E-state index is 0.00555. The van der Waals surface area contributed by atoms with Gasteiger partial charge >= 0.3 is 13.8 Å². The van der Waals surface area contributed by atoms with E-state index in [1.54, 1.807) is 6.08 Å². The van der Waals surface area contributed by atoms with Gasteiger partial charge < -0.3 is 20.1 Å². The van der Waals surface area contributed by atoms with E-state index in [4.69, 9.17) is 13.8 Å². The molecule has 1 amide bonds. The molecule has 3 N–H and O–H groups in total. The maximum Gasteiger partial charge on any atom is 0.472 e. The molecule has 0 saturated heterocycles. The average molecular weight is 916 g/mol. The monoisotopic (exact) mass is 916 g/mol. The summed E-state index contributed by atoms with van der Waals surface area (Å²) in [6, 6.07) is 0. The molecule has 0 aliphatic carbocycles. The predicted octanol–water partition coefficient (Wildman–Crippen LogP) is 14.0. The summed E-state index contributed by atoms with van der Waals surface area (Å²) in [5, 5.41) is 12.6. The minimum atomic E-state index is -4.48. The molecule has 0 aliphatic heterocycles. The number of ether oxygens (including phenoxy) is 1. The number of allylic oxidation sites excluding steroid dienone is 27. The molecule has 2 unspecified atom stereocenters. The molecule has 2 atom stereocenters. The molecule has 0 radical (unpaired) electrons. The summed E-state index contributed by atoms with van der Waals surface area (Å²) >= 11 is 0. The molecule has 0 aliphatic rings. The molecule has 0 spiro atoms. The fourth-order valence-electron chi connectivity index (χ4n) is 5.21. The normalized spacial score (nSPS) is 14.7. The first kappa shape index (κ1) is 60.4. The smallest absolute Gasteiger partial charge is 0.463 e. The molecule has 65 heavy (non-hydrogen) atoms. The largest absolute Gasteiger partial charge is 0.472 e. The van der Waals surface area contributed by atoms with Crippen molar-refractivity contribution in [1.29, 1.82) is 0 Å². The van der Waals surface area contributed by atoms with Crippen LogP contribution in [0.15, 0.2) is 170 Å².